The largest absolute Gasteiger partial charge is 0.421 e. The Morgan fingerprint density at radius 2 is 2.05 bits per heavy atom. The highest BCUT2D eigenvalue weighted by atomic mass is 79.9. The third kappa shape index (κ3) is 3.97. The molecule has 100 valence electrons. The average Bonchev–Trinajstić information content (AvgIpc) is 2.42. The van der Waals surface area contributed by atoms with Gasteiger partial charge in [0.25, 0.3) is 0 Å². The summed E-state index contributed by atoms with van der Waals surface area (Å²) in [5.41, 5.74) is 0.948. The van der Waals surface area contributed by atoms with Crippen LogP contribution in [0.15, 0.2) is 35.1 Å². The lowest BCUT2D eigenvalue weighted by Gasteiger charge is -2.06. The van der Waals surface area contributed by atoms with Crippen molar-refractivity contribution in [1.29, 1.82) is 0 Å². The summed E-state index contributed by atoms with van der Waals surface area (Å²) < 4.78 is 19.5. The summed E-state index contributed by atoms with van der Waals surface area (Å²) in [4.78, 5) is 8.08. The fraction of sp³-hybridized carbons (Fsp3) is 0.231. The Hall–Kier alpha value is -1.53. The van der Waals surface area contributed by atoms with Crippen LogP contribution in [0.4, 0.5) is 4.39 Å². The van der Waals surface area contributed by atoms with Crippen molar-refractivity contribution in [2.45, 2.75) is 13.5 Å². The molecule has 0 fully saturated rings. The van der Waals surface area contributed by atoms with Crippen LogP contribution in [0, 0.1) is 5.82 Å². The maximum Gasteiger partial charge on any atom is 0.321 e. The van der Waals surface area contributed by atoms with E-state index < -0.39 is 5.82 Å². The third-order valence-electron chi connectivity index (χ3n) is 2.36. The van der Waals surface area contributed by atoms with Gasteiger partial charge in [-0.15, -0.1) is 0 Å². The Morgan fingerprint density at radius 3 is 2.74 bits per heavy atom. The zero-order valence-electron chi connectivity index (χ0n) is 10.4. The number of rotatable bonds is 5. The number of benzene rings is 1. The molecule has 0 saturated heterocycles. The summed E-state index contributed by atoms with van der Waals surface area (Å²) in [6, 6.07) is 4.57. The molecule has 1 aromatic heterocycles. The van der Waals surface area contributed by atoms with Gasteiger partial charge in [0.2, 0.25) is 0 Å². The molecule has 0 bridgehead atoms. The molecular weight excluding hydrogens is 313 g/mol. The lowest BCUT2D eigenvalue weighted by atomic mass is 10.3. The Balaban J connectivity index is 2.08. The zero-order valence-corrected chi connectivity index (χ0v) is 11.9. The maximum atomic E-state index is 13.5. The summed E-state index contributed by atoms with van der Waals surface area (Å²) in [5, 5.41) is 3.16. The van der Waals surface area contributed by atoms with Crippen molar-refractivity contribution in [1.82, 2.24) is 15.3 Å². The van der Waals surface area contributed by atoms with Gasteiger partial charge in [0.15, 0.2) is 11.6 Å². The van der Waals surface area contributed by atoms with E-state index in [0.29, 0.717) is 6.54 Å². The smallest absolute Gasteiger partial charge is 0.321 e. The number of ether oxygens (including phenoxy) is 1. The number of aromatic nitrogens is 2. The van der Waals surface area contributed by atoms with E-state index in [-0.39, 0.29) is 11.8 Å². The fourth-order valence-electron chi connectivity index (χ4n) is 1.41. The van der Waals surface area contributed by atoms with Gasteiger partial charge in [0, 0.05) is 29.0 Å². The second-order valence-corrected chi connectivity index (χ2v) is 4.75. The summed E-state index contributed by atoms with van der Waals surface area (Å²) in [6.07, 6.45) is 3.31. The van der Waals surface area contributed by atoms with Crippen LogP contribution in [-0.2, 0) is 6.54 Å². The Kier molecular flexibility index (Phi) is 4.81. The molecular formula is C13H13BrFN3O. The second-order valence-electron chi connectivity index (χ2n) is 3.83. The minimum atomic E-state index is -0.455. The summed E-state index contributed by atoms with van der Waals surface area (Å²) in [5.74, 6) is -0.364. The van der Waals surface area contributed by atoms with E-state index >= 15 is 0 Å². The molecule has 0 radical (unpaired) electrons. The molecule has 0 aliphatic carbocycles. The topological polar surface area (TPSA) is 47.0 Å². The lowest BCUT2D eigenvalue weighted by molar-refractivity contribution is 0.410. The molecule has 1 heterocycles. The van der Waals surface area contributed by atoms with Gasteiger partial charge in [-0.05, 0) is 24.7 Å². The van der Waals surface area contributed by atoms with E-state index in [9.17, 15) is 4.39 Å². The van der Waals surface area contributed by atoms with Gasteiger partial charge in [-0.25, -0.2) is 14.4 Å². The van der Waals surface area contributed by atoms with Crippen molar-refractivity contribution in [2.24, 2.45) is 0 Å². The van der Waals surface area contributed by atoms with Crippen molar-refractivity contribution < 1.29 is 9.13 Å². The summed E-state index contributed by atoms with van der Waals surface area (Å²) in [6.45, 7) is 3.60. The SMILES string of the molecule is CCNCc1cnc(Oc2cc(Br)ccc2F)nc1. The van der Waals surface area contributed by atoms with E-state index in [0.717, 1.165) is 16.6 Å². The predicted octanol–water partition coefficient (Wildman–Crippen LogP) is 3.28. The molecule has 6 heteroatoms. The summed E-state index contributed by atoms with van der Waals surface area (Å²) in [7, 11) is 0. The molecule has 0 unspecified atom stereocenters. The highest BCUT2D eigenvalue weighted by molar-refractivity contribution is 9.10. The quantitative estimate of drug-likeness (QED) is 0.916. The van der Waals surface area contributed by atoms with Gasteiger partial charge >= 0.3 is 6.01 Å². The molecule has 0 atom stereocenters. The van der Waals surface area contributed by atoms with Crippen LogP contribution in [0.2, 0.25) is 0 Å². The molecule has 2 aromatic rings. The number of nitrogens with zero attached hydrogens (tertiary/aromatic N) is 2. The molecule has 19 heavy (non-hydrogen) atoms. The van der Waals surface area contributed by atoms with E-state index in [4.69, 9.17) is 4.74 Å². The first kappa shape index (κ1) is 13.9. The average molecular weight is 326 g/mol. The highest BCUT2D eigenvalue weighted by Gasteiger charge is 2.07. The molecule has 2 rings (SSSR count). The molecule has 0 aliphatic heterocycles. The van der Waals surface area contributed by atoms with Crippen LogP contribution in [0.5, 0.6) is 11.8 Å². The van der Waals surface area contributed by atoms with E-state index in [1.54, 1.807) is 18.5 Å². The monoisotopic (exact) mass is 325 g/mol. The van der Waals surface area contributed by atoms with Crippen LogP contribution >= 0.6 is 15.9 Å². The van der Waals surface area contributed by atoms with Crippen molar-refractivity contribution in [3.63, 3.8) is 0 Å². The molecule has 0 amide bonds. The summed E-state index contributed by atoms with van der Waals surface area (Å²) >= 11 is 3.25. The number of hydrogen-bond acceptors (Lipinski definition) is 4. The normalized spacial score (nSPS) is 10.5. The minimum absolute atomic E-state index is 0.0915. The Morgan fingerprint density at radius 1 is 1.32 bits per heavy atom. The molecule has 1 aromatic carbocycles. The minimum Gasteiger partial charge on any atom is -0.421 e. The Labute approximate surface area is 119 Å². The predicted molar refractivity (Wildman–Crippen MR) is 73.6 cm³/mol. The molecule has 0 saturated carbocycles. The molecule has 1 N–H and O–H groups in total. The van der Waals surface area contributed by atoms with Gasteiger partial charge in [-0.1, -0.05) is 22.9 Å². The van der Waals surface area contributed by atoms with E-state index in [1.165, 1.54) is 12.1 Å². The molecule has 0 aliphatic rings. The first-order valence-corrected chi connectivity index (χ1v) is 6.63. The Bertz CT molecular complexity index is 548. The van der Waals surface area contributed by atoms with Crippen molar-refractivity contribution in [3.05, 3.63) is 46.4 Å². The first-order valence-electron chi connectivity index (χ1n) is 5.83. The number of halogens is 2. The van der Waals surface area contributed by atoms with Gasteiger partial charge in [-0.2, -0.15) is 0 Å². The van der Waals surface area contributed by atoms with Crippen molar-refractivity contribution in [3.8, 4) is 11.8 Å². The lowest BCUT2D eigenvalue weighted by Crippen LogP contribution is -2.12. The maximum absolute atomic E-state index is 13.5. The van der Waals surface area contributed by atoms with Crippen LogP contribution < -0.4 is 10.1 Å². The number of hydrogen-bond donors (Lipinski definition) is 1. The van der Waals surface area contributed by atoms with E-state index in [2.05, 4.69) is 31.2 Å². The number of nitrogens with one attached hydrogen (secondary N) is 1. The van der Waals surface area contributed by atoms with Crippen LogP contribution in [0.25, 0.3) is 0 Å². The van der Waals surface area contributed by atoms with Gasteiger partial charge in [0.1, 0.15) is 0 Å². The van der Waals surface area contributed by atoms with Gasteiger partial charge < -0.3 is 10.1 Å². The first-order chi connectivity index (χ1) is 9.19. The van der Waals surface area contributed by atoms with Crippen LogP contribution in [0.3, 0.4) is 0 Å². The third-order valence-corrected chi connectivity index (χ3v) is 2.85. The van der Waals surface area contributed by atoms with Crippen LogP contribution in [0.1, 0.15) is 12.5 Å². The highest BCUT2D eigenvalue weighted by Crippen LogP contribution is 2.25. The van der Waals surface area contributed by atoms with E-state index in [1.807, 2.05) is 6.92 Å². The van der Waals surface area contributed by atoms with Crippen molar-refractivity contribution in [2.75, 3.05) is 6.54 Å². The van der Waals surface area contributed by atoms with Gasteiger partial charge in [0.05, 0.1) is 0 Å². The van der Waals surface area contributed by atoms with Crippen molar-refractivity contribution >= 4 is 15.9 Å². The molecule has 0 spiro atoms. The fourth-order valence-corrected chi connectivity index (χ4v) is 1.75. The second kappa shape index (κ2) is 6.58. The van der Waals surface area contributed by atoms with Gasteiger partial charge in [-0.3, -0.25) is 0 Å². The molecule has 4 nitrogen and oxygen atoms in total. The zero-order chi connectivity index (χ0) is 13.7. The van der Waals surface area contributed by atoms with Crippen LogP contribution in [-0.4, -0.2) is 16.5 Å². The standard InChI is InChI=1S/C13H13BrFN3O/c1-2-16-6-9-7-17-13(18-8-9)19-12-5-10(14)3-4-11(12)15/h3-5,7-8,16H,2,6H2,1H3.